The Kier molecular flexibility index (Phi) is 15.0. The molecule has 1 saturated heterocycles. The molecule has 0 bridgehead atoms. The number of hydrogen-bond donors (Lipinski definition) is 1. The minimum Gasteiger partial charge on any atom is -0.442 e. The number of carbonyl (C=O) groups is 3. The van der Waals surface area contributed by atoms with Crippen molar-refractivity contribution >= 4 is 26.1 Å². The molecule has 47 heavy (non-hydrogen) atoms. The molecule has 1 aromatic rings. The molecule has 4 atom stereocenters. The molecule has 1 aliphatic heterocycles. The monoisotopic (exact) mass is 699 g/mol. The quantitative estimate of drug-likeness (QED) is 0.107. The van der Waals surface area contributed by atoms with Crippen LogP contribution < -0.4 is 17.0 Å². The Hall–Kier alpha value is -3.35. The third-order valence-electron chi connectivity index (χ3n) is 6.42. The molecule has 0 aromatic carbocycles. The Morgan fingerprint density at radius 1 is 1.00 bits per heavy atom. The van der Waals surface area contributed by atoms with Crippen LogP contribution in [0, 0.1) is 11.8 Å². The fourth-order valence-corrected chi connectivity index (χ4v) is 5.02. The summed E-state index contributed by atoms with van der Waals surface area (Å²) >= 11 is 0. The van der Waals surface area contributed by atoms with Gasteiger partial charge in [0.15, 0.2) is 6.73 Å². The van der Waals surface area contributed by atoms with E-state index in [1.54, 1.807) is 48.5 Å². The second-order valence-electron chi connectivity index (χ2n) is 11.5. The molecule has 18 nitrogen and oxygen atoms in total. The van der Waals surface area contributed by atoms with Crippen molar-refractivity contribution in [1.82, 2.24) is 9.13 Å². The highest BCUT2D eigenvalue weighted by Crippen LogP contribution is 2.52. The maximum absolute atomic E-state index is 14.6. The van der Waals surface area contributed by atoms with Crippen LogP contribution >= 0.6 is 7.82 Å². The second kappa shape index (κ2) is 17.7. The molecule has 0 radical (unpaired) electrons. The average molecular weight is 700 g/mol. The maximum Gasteiger partial charge on any atom is 0.510 e. The topological polar surface area (TPSA) is 221 Å². The predicted molar refractivity (Wildman–Crippen MR) is 157 cm³/mol. The van der Waals surface area contributed by atoms with E-state index < -0.39 is 107 Å². The van der Waals surface area contributed by atoms with Gasteiger partial charge in [0.2, 0.25) is 13.6 Å². The van der Waals surface area contributed by atoms with E-state index in [0.717, 1.165) is 16.8 Å². The molecule has 1 aromatic heterocycles. The summed E-state index contributed by atoms with van der Waals surface area (Å²) < 4.78 is 74.8. The second-order valence-corrected chi connectivity index (χ2v) is 13.1. The Bertz CT molecular complexity index is 1350. The van der Waals surface area contributed by atoms with E-state index in [-0.39, 0.29) is 12.3 Å². The molecule has 2 heterocycles. The first-order chi connectivity index (χ1) is 21.9. The molecule has 1 aliphatic rings. The van der Waals surface area contributed by atoms with Gasteiger partial charge in [0.05, 0.1) is 18.8 Å². The Balaban J connectivity index is 2.21. The number of hydrogen-bond acceptors (Lipinski definition) is 16. The van der Waals surface area contributed by atoms with Crippen LogP contribution in [0.4, 0.5) is 14.0 Å². The predicted octanol–water partition coefficient (Wildman–Crippen LogP) is 2.95. The van der Waals surface area contributed by atoms with E-state index in [0.29, 0.717) is 4.57 Å². The molecule has 0 aliphatic carbocycles. The molecular weight excluding hydrogens is 656 g/mol. The lowest BCUT2D eigenvalue weighted by atomic mass is 9.96. The number of esters is 1. The number of phosphoric ester groups is 1. The smallest absolute Gasteiger partial charge is 0.442 e. The number of alkyl halides is 1. The lowest BCUT2D eigenvalue weighted by Gasteiger charge is -2.28. The zero-order chi connectivity index (χ0) is 35.5. The summed E-state index contributed by atoms with van der Waals surface area (Å²) in [5.41, 5.74) is 2.23. The number of ether oxygens (including phenoxy) is 6. The Morgan fingerprint density at radius 3 is 2.04 bits per heavy atom. The van der Waals surface area contributed by atoms with Gasteiger partial charge in [-0.2, -0.15) is 0 Å². The van der Waals surface area contributed by atoms with Gasteiger partial charge in [-0.1, -0.05) is 20.8 Å². The van der Waals surface area contributed by atoms with Gasteiger partial charge in [-0.25, -0.2) is 37.0 Å². The third kappa shape index (κ3) is 12.0. The molecular formula is C27H43FN3O15P. The minimum atomic E-state index is -4.76. The highest BCUT2D eigenvalue weighted by Gasteiger charge is 2.48. The van der Waals surface area contributed by atoms with Crippen molar-refractivity contribution in [3.63, 3.8) is 0 Å². The molecule has 1 fully saturated rings. The van der Waals surface area contributed by atoms with Crippen LogP contribution in [0.1, 0.15) is 61.1 Å². The first-order valence-corrected chi connectivity index (χ1v) is 16.1. The van der Waals surface area contributed by atoms with E-state index in [2.05, 4.69) is 9.47 Å². The van der Waals surface area contributed by atoms with Crippen LogP contribution in [0.25, 0.3) is 0 Å². The number of nitrogens with two attached hydrogens (primary N) is 1. The summed E-state index contributed by atoms with van der Waals surface area (Å²) in [7, 11) is -4.76. The largest absolute Gasteiger partial charge is 0.510 e. The van der Waals surface area contributed by atoms with E-state index in [4.69, 9.17) is 38.3 Å². The lowest BCUT2D eigenvalue weighted by molar-refractivity contribution is -0.150. The van der Waals surface area contributed by atoms with Crippen LogP contribution in [0.15, 0.2) is 21.9 Å². The van der Waals surface area contributed by atoms with Crippen molar-refractivity contribution < 1.29 is 65.3 Å². The first-order valence-electron chi connectivity index (χ1n) is 14.6. The zero-order valence-electron chi connectivity index (χ0n) is 27.3. The summed E-state index contributed by atoms with van der Waals surface area (Å²) in [6.07, 6.45) is -3.51. The summed E-state index contributed by atoms with van der Waals surface area (Å²) in [5.74, 6) is -1.66. The van der Waals surface area contributed by atoms with E-state index >= 15 is 0 Å². The number of nitrogens with zero attached hydrogens (tertiary/aromatic N) is 2. The van der Waals surface area contributed by atoms with Gasteiger partial charge in [0.1, 0.15) is 24.5 Å². The van der Waals surface area contributed by atoms with Crippen LogP contribution in [0.3, 0.4) is 0 Å². The highest BCUT2D eigenvalue weighted by atomic mass is 31.2. The summed E-state index contributed by atoms with van der Waals surface area (Å²) in [6.45, 7) is 6.53. The number of carbonyl (C=O) groups excluding carboxylic acids is 3. The van der Waals surface area contributed by atoms with Crippen molar-refractivity contribution in [2.24, 2.45) is 17.6 Å². The third-order valence-corrected chi connectivity index (χ3v) is 7.70. The molecule has 2 N–H and O–H groups in total. The van der Waals surface area contributed by atoms with Crippen molar-refractivity contribution in [2.45, 2.75) is 91.7 Å². The first kappa shape index (κ1) is 39.8. The molecule has 0 spiro atoms. The summed E-state index contributed by atoms with van der Waals surface area (Å²) in [4.78, 5) is 61.2. The Labute approximate surface area is 270 Å². The van der Waals surface area contributed by atoms with Crippen molar-refractivity contribution in [1.29, 1.82) is 0 Å². The van der Waals surface area contributed by atoms with Gasteiger partial charge in [-0.05, 0) is 40.0 Å². The standard InChI is InChI=1S/C27H43FN3O15P/c1-16(2)21(29)23(33)38-13-31-20(32)8-9-30(24(31)34)22-19(7)10-27(11-28,46-22)12-41-47(37,42-14-39-25(35)44-17(3)4)43-15-40-26(36)45-18(5)6/h8-9,16-19,21-22H,10-15,29H2,1-7H3/t19-,21?,22+,27+/m0/s1. The molecule has 2 rings (SSSR count). The number of halogens is 1. The summed E-state index contributed by atoms with van der Waals surface area (Å²) in [5, 5.41) is 0. The fraction of sp³-hybridized carbons (Fsp3) is 0.741. The number of rotatable bonds is 17. The molecule has 0 amide bonds. The number of phosphoric acid groups is 1. The summed E-state index contributed by atoms with van der Waals surface area (Å²) in [6, 6.07) is 0.0502. The van der Waals surface area contributed by atoms with E-state index in [1.165, 1.54) is 0 Å². The highest BCUT2D eigenvalue weighted by molar-refractivity contribution is 7.48. The van der Waals surface area contributed by atoms with Crippen LogP contribution in [0.5, 0.6) is 0 Å². The van der Waals surface area contributed by atoms with E-state index in [9.17, 15) is 32.9 Å². The normalized spacial score (nSPS) is 20.3. The average Bonchev–Trinajstić information content (AvgIpc) is 3.31. The van der Waals surface area contributed by atoms with E-state index in [1.807, 2.05) is 0 Å². The SMILES string of the molecule is CC(C)OC(=O)OCOP(=O)(OCOC(=O)OC(C)C)OC[C@]1(CF)C[C@H](C)[C@H](n2ccc(=O)n(COC(=O)C(N)C(C)C)c2=O)O1. The fourth-order valence-electron chi connectivity index (χ4n) is 4.04. The zero-order valence-corrected chi connectivity index (χ0v) is 28.2. The lowest BCUT2D eigenvalue weighted by Crippen LogP contribution is -2.44. The molecule has 1 unspecified atom stereocenters. The molecule has 268 valence electrons. The Morgan fingerprint density at radius 2 is 1.55 bits per heavy atom. The van der Waals surface area contributed by atoms with Crippen LogP contribution in [-0.2, 0) is 58.1 Å². The van der Waals surface area contributed by atoms with Crippen molar-refractivity contribution in [3.05, 3.63) is 33.1 Å². The van der Waals surface area contributed by atoms with Gasteiger partial charge in [0, 0.05) is 18.2 Å². The van der Waals surface area contributed by atoms with Crippen molar-refractivity contribution in [3.8, 4) is 0 Å². The van der Waals surface area contributed by atoms with Crippen LogP contribution in [0.2, 0.25) is 0 Å². The van der Waals surface area contributed by atoms with Gasteiger partial charge in [-0.15, -0.1) is 0 Å². The van der Waals surface area contributed by atoms with Crippen molar-refractivity contribution in [2.75, 3.05) is 26.9 Å². The van der Waals surface area contributed by atoms with Crippen LogP contribution in [-0.4, -0.2) is 78.1 Å². The van der Waals surface area contributed by atoms with Gasteiger partial charge >= 0.3 is 31.8 Å². The van der Waals surface area contributed by atoms with Gasteiger partial charge in [0.25, 0.3) is 5.56 Å². The van der Waals surface area contributed by atoms with Gasteiger partial charge < -0.3 is 34.2 Å². The minimum absolute atomic E-state index is 0.0909. The number of aromatic nitrogens is 2. The molecule has 0 saturated carbocycles. The maximum atomic E-state index is 14.6. The molecule has 20 heteroatoms. The van der Waals surface area contributed by atoms with Gasteiger partial charge in [-0.3, -0.25) is 18.7 Å².